The summed E-state index contributed by atoms with van der Waals surface area (Å²) in [7, 11) is 2.06. The number of para-hydroxylation sites is 1. The third kappa shape index (κ3) is 2.93. The monoisotopic (exact) mass is 289 g/mol. The molecule has 2 aliphatic rings. The summed E-state index contributed by atoms with van der Waals surface area (Å²) in [6, 6.07) is 9.86. The van der Waals surface area contributed by atoms with Gasteiger partial charge in [-0.1, -0.05) is 18.2 Å². The van der Waals surface area contributed by atoms with Crippen LogP contribution in [0.5, 0.6) is 5.75 Å². The molecule has 4 nitrogen and oxygen atoms in total. The number of hydrogen-bond donors (Lipinski definition) is 1. The van der Waals surface area contributed by atoms with Crippen molar-refractivity contribution in [3.8, 4) is 5.75 Å². The third-order valence-electron chi connectivity index (χ3n) is 4.91. The lowest BCUT2D eigenvalue weighted by molar-refractivity contribution is 0.0343. The molecule has 2 heterocycles. The van der Waals surface area contributed by atoms with Gasteiger partial charge in [0.05, 0.1) is 12.1 Å². The molecule has 1 aromatic carbocycles. The van der Waals surface area contributed by atoms with Crippen LogP contribution >= 0.6 is 0 Å². The second-order valence-electron chi connectivity index (χ2n) is 6.35. The molecular formula is C17H27N3O. The fraction of sp³-hybridized carbons (Fsp3) is 0.647. The maximum Gasteiger partial charge on any atom is 0.124 e. The molecule has 0 amide bonds. The highest BCUT2D eigenvalue weighted by molar-refractivity contribution is 5.38. The van der Waals surface area contributed by atoms with Crippen LogP contribution in [0.15, 0.2) is 24.3 Å². The molecule has 0 aliphatic carbocycles. The predicted molar refractivity (Wildman–Crippen MR) is 85.8 cm³/mol. The van der Waals surface area contributed by atoms with E-state index in [0.717, 1.165) is 38.5 Å². The normalized spacial score (nSPS) is 27.4. The number of likely N-dealkylation sites (N-methyl/N-ethyl adjacent to an activating group) is 1. The number of piperazine rings is 1. The van der Waals surface area contributed by atoms with Crippen molar-refractivity contribution < 1.29 is 4.74 Å². The number of rotatable bonds is 3. The minimum atomic E-state index is 0.362. The van der Waals surface area contributed by atoms with Gasteiger partial charge in [0.15, 0.2) is 0 Å². The first-order valence-electron chi connectivity index (χ1n) is 8.08. The van der Waals surface area contributed by atoms with Crippen LogP contribution in [0.3, 0.4) is 0 Å². The Labute approximate surface area is 128 Å². The van der Waals surface area contributed by atoms with Crippen LogP contribution in [0.25, 0.3) is 0 Å². The maximum atomic E-state index is 6.00. The van der Waals surface area contributed by atoms with Crippen LogP contribution in [0.2, 0.25) is 0 Å². The largest absolute Gasteiger partial charge is 0.492 e. The highest BCUT2D eigenvalue weighted by Gasteiger charge is 2.35. The van der Waals surface area contributed by atoms with Crippen molar-refractivity contribution in [1.29, 1.82) is 0 Å². The summed E-state index contributed by atoms with van der Waals surface area (Å²) < 4.78 is 6.00. The number of ether oxygens (including phenoxy) is 1. The van der Waals surface area contributed by atoms with Crippen molar-refractivity contribution in [2.45, 2.75) is 32.0 Å². The smallest absolute Gasteiger partial charge is 0.124 e. The molecule has 1 aromatic rings. The molecule has 0 saturated carbocycles. The first-order chi connectivity index (χ1) is 10.2. The van der Waals surface area contributed by atoms with E-state index in [4.69, 9.17) is 4.74 Å². The summed E-state index contributed by atoms with van der Waals surface area (Å²) in [4.78, 5) is 5.15. The predicted octanol–water partition coefficient (Wildman–Crippen LogP) is 1.73. The van der Waals surface area contributed by atoms with E-state index >= 15 is 0 Å². The van der Waals surface area contributed by atoms with E-state index in [2.05, 4.69) is 54.2 Å². The van der Waals surface area contributed by atoms with Gasteiger partial charge in [-0.15, -0.1) is 0 Å². The lowest BCUT2D eigenvalue weighted by atomic mass is 9.94. The van der Waals surface area contributed by atoms with Crippen molar-refractivity contribution in [2.24, 2.45) is 0 Å². The molecule has 3 rings (SSSR count). The lowest BCUT2D eigenvalue weighted by Gasteiger charge is -2.45. The topological polar surface area (TPSA) is 27.7 Å². The second-order valence-corrected chi connectivity index (χ2v) is 6.35. The Morgan fingerprint density at radius 3 is 2.52 bits per heavy atom. The standard InChI is InChI=1S/C17H27N3O/c1-13(2)19-8-10-20(11-9-19)15-12-21-16-7-5-4-6-14(16)17(15)18-3/h4-7,13,15,17-18H,8-12H2,1-3H3. The van der Waals surface area contributed by atoms with Crippen molar-refractivity contribution in [1.82, 2.24) is 15.1 Å². The van der Waals surface area contributed by atoms with E-state index in [-0.39, 0.29) is 0 Å². The van der Waals surface area contributed by atoms with Gasteiger partial charge in [0.25, 0.3) is 0 Å². The van der Waals surface area contributed by atoms with Gasteiger partial charge in [-0.25, -0.2) is 0 Å². The van der Waals surface area contributed by atoms with Crippen LogP contribution in [-0.4, -0.2) is 61.7 Å². The Balaban J connectivity index is 1.72. The van der Waals surface area contributed by atoms with Gasteiger partial charge in [0, 0.05) is 37.8 Å². The molecule has 116 valence electrons. The molecule has 1 saturated heterocycles. The molecular weight excluding hydrogens is 262 g/mol. The Kier molecular flexibility index (Phi) is 4.48. The summed E-state index contributed by atoms with van der Waals surface area (Å²) >= 11 is 0. The van der Waals surface area contributed by atoms with Crippen molar-refractivity contribution >= 4 is 0 Å². The summed E-state index contributed by atoms with van der Waals surface area (Å²) in [5, 5.41) is 3.51. The summed E-state index contributed by atoms with van der Waals surface area (Å²) in [5.41, 5.74) is 1.29. The number of benzene rings is 1. The van der Waals surface area contributed by atoms with E-state index in [1.165, 1.54) is 5.56 Å². The molecule has 1 fully saturated rings. The number of nitrogens with zero attached hydrogens (tertiary/aromatic N) is 2. The van der Waals surface area contributed by atoms with Gasteiger partial charge in [-0.2, -0.15) is 0 Å². The van der Waals surface area contributed by atoms with Gasteiger partial charge in [0.2, 0.25) is 0 Å². The second kappa shape index (κ2) is 6.34. The number of hydrogen-bond acceptors (Lipinski definition) is 4. The Bertz CT molecular complexity index is 469. The van der Waals surface area contributed by atoms with E-state index in [1.54, 1.807) is 0 Å². The summed E-state index contributed by atoms with van der Waals surface area (Å²) in [6.45, 7) is 9.93. The molecule has 4 heteroatoms. The Morgan fingerprint density at radius 1 is 1.14 bits per heavy atom. The molecule has 2 unspecified atom stereocenters. The quantitative estimate of drug-likeness (QED) is 0.917. The van der Waals surface area contributed by atoms with Crippen molar-refractivity contribution in [3.05, 3.63) is 29.8 Å². The van der Waals surface area contributed by atoms with Crippen LogP contribution in [0, 0.1) is 0 Å². The highest BCUT2D eigenvalue weighted by atomic mass is 16.5. The van der Waals surface area contributed by atoms with E-state index in [9.17, 15) is 0 Å². The maximum absolute atomic E-state index is 6.00. The molecule has 0 bridgehead atoms. The van der Waals surface area contributed by atoms with Crippen LogP contribution in [0.4, 0.5) is 0 Å². The average molecular weight is 289 g/mol. The molecule has 1 N–H and O–H groups in total. The Hall–Kier alpha value is -1.10. The first-order valence-corrected chi connectivity index (χ1v) is 8.08. The number of fused-ring (bicyclic) bond motifs is 1. The molecule has 21 heavy (non-hydrogen) atoms. The minimum absolute atomic E-state index is 0.362. The zero-order valence-corrected chi connectivity index (χ0v) is 13.4. The molecule has 2 aliphatic heterocycles. The van der Waals surface area contributed by atoms with Gasteiger partial charge >= 0.3 is 0 Å². The highest BCUT2D eigenvalue weighted by Crippen LogP contribution is 2.34. The SMILES string of the molecule is CNC1c2ccccc2OCC1N1CCN(C(C)C)CC1. The summed E-state index contributed by atoms with van der Waals surface area (Å²) in [6.07, 6.45) is 0. The average Bonchev–Trinajstić information content (AvgIpc) is 2.53. The zero-order valence-electron chi connectivity index (χ0n) is 13.4. The lowest BCUT2D eigenvalue weighted by Crippen LogP contribution is -2.57. The van der Waals surface area contributed by atoms with E-state index in [0.29, 0.717) is 18.1 Å². The van der Waals surface area contributed by atoms with Gasteiger partial charge in [-0.3, -0.25) is 9.80 Å². The van der Waals surface area contributed by atoms with Crippen LogP contribution in [-0.2, 0) is 0 Å². The Morgan fingerprint density at radius 2 is 1.86 bits per heavy atom. The fourth-order valence-electron chi connectivity index (χ4n) is 3.60. The zero-order chi connectivity index (χ0) is 14.8. The van der Waals surface area contributed by atoms with Crippen LogP contribution < -0.4 is 10.1 Å². The first kappa shape index (κ1) is 14.8. The van der Waals surface area contributed by atoms with Crippen molar-refractivity contribution in [3.63, 3.8) is 0 Å². The molecule has 0 radical (unpaired) electrons. The minimum Gasteiger partial charge on any atom is -0.492 e. The van der Waals surface area contributed by atoms with Gasteiger partial charge < -0.3 is 10.1 Å². The van der Waals surface area contributed by atoms with Gasteiger partial charge in [0.1, 0.15) is 12.4 Å². The van der Waals surface area contributed by atoms with E-state index < -0.39 is 0 Å². The molecule has 0 spiro atoms. The number of nitrogens with one attached hydrogen (secondary N) is 1. The van der Waals surface area contributed by atoms with E-state index in [1.807, 2.05) is 6.07 Å². The van der Waals surface area contributed by atoms with Gasteiger partial charge in [-0.05, 0) is 27.0 Å². The fourth-order valence-corrected chi connectivity index (χ4v) is 3.60. The molecule has 2 atom stereocenters. The molecule has 0 aromatic heterocycles. The van der Waals surface area contributed by atoms with Crippen molar-refractivity contribution in [2.75, 3.05) is 39.8 Å². The third-order valence-corrected chi connectivity index (χ3v) is 4.91. The summed E-state index contributed by atoms with van der Waals surface area (Å²) in [5.74, 6) is 1.04. The van der Waals surface area contributed by atoms with Crippen LogP contribution in [0.1, 0.15) is 25.5 Å².